The molecular formula is C17H16N2S. The average molecular weight is 280 g/mol. The van der Waals surface area contributed by atoms with Crippen molar-refractivity contribution >= 4 is 11.3 Å². The molecule has 0 atom stereocenters. The third-order valence-corrected chi connectivity index (χ3v) is 4.11. The maximum atomic E-state index is 5.56. The van der Waals surface area contributed by atoms with Gasteiger partial charge in [0, 0.05) is 17.4 Å². The van der Waals surface area contributed by atoms with Gasteiger partial charge in [0.2, 0.25) is 0 Å². The van der Waals surface area contributed by atoms with Gasteiger partial charge in [-0.3, -0.25) is 0 Å². The molecule has 3 rings (SSSR count). The Morgan fingerprint density at radius 1 is 0.850 bits per heavy atom. The molecule has 2 N–H and O–H groups in total. The number of aromatic nitrogens is 1. The summed E-state index contributed by atoms with van der Waals surface area (Å²) in [4.78, 5) is 4.61. The Bertz CT molecular complexity index is 672. The molecule has 0 aliphatic rings. The van der Waals surface area contributed by atoms with E-state index >= 15 is 0 Å². The number of hydrogen-bond donors (Lipinski definition) is 1. The van der Waals surface area contributed by atoms with Crippen molar-refractivity contribution in [2.24, 2.45) is 5.73 Å². The summed E-state index contributed by atoms with van der Waals surface area (Å²) in [5, 5.41) is 3.21. The van der Waals surface area contributed by atoms with Gasteiger partial charge < -0.3 is 5.73 Å². The van der Waals surface area contributed by atoms with E-state index in [1.54, 1.807) is 11.3 Å². The van der Waals surface area contributed by atoms with E-state index in [-0.39, 0.29) is 0 Å². The average Bonchev–Trinajstić information content (AvgIpc) is 2.97. The van der Waals surface area contributed by atoms with Crippen LogP contribution in [0.25, 0.3) is 22.4 Å². The standard InChI is InChI=1S/C17H16N2S/c18-11-10-17-19-16(12-20-17)15-8-6-14(7-9-15)13-4-2-1-3-5-13/h1-9,12H,10-11,18H2. The van der Waals surface area contributed by atoms with Gasteiger partial charge in [-0.2, -0.15) is 0 Å². The molecule has 0 saturated heterocycles. The molecule has 0 spiro atoms. The Labute approximate surface area is 122 Å². The van der Waals surface area contributed by atoms with E-state index < -0.39 is 0 Å². The van der Waals surface area contributed by atoms with E-state index in [0.29, 0.717) is 6.54 Å². The number of hydrogen-bond acceptors (Lipinski definition) is 3. The molecule has 3 heteroatoms. The predicted molar refractivity (Wildman–Crippen MR) is 85.7 cm³/mol. The van der Waals surface area contributed by atoms with Crippen molar-refractivity contribution in [3.8, 4) is 22.4 Å². The van der Waals surface area contributed by atoms with Gasteiger partial charge in [0.25, 0.3) is 0 Å². The van der Waals surface area contributed by atoms with Crippen LogP contribution in [0.5, 0.6) is 0 Å². The second-order valence-electron chi connectivity index (χ2n) is 4.61. The zero-order valence-electron chi connectivity index (χ0n) is 11.1. The van der Waals surface area contributed by atoms with Gasteiger partial charge in [0.05, 0.1) is 10.7 Å². The molecule has 3 aromatic rings. The third-order valence-electron chi connectivity index (χ3n) is 3.20. The van der Waals surface area contributed by atoms with Crippen LogP contribution in [0.4, 0.5) is 0 Å². The Hall–Kier alpha value is -1.97. The highest BCUT2D eigenvalue weighted by atomic mass is 32.1. The van der Waals surface area contributed by atoms with E-state index in [1.807, 2.05) is 6.07 Å². The minimum Gasteiger partial charge on any atom is -0.330 e. The lowest BCUT2D eigenvalue weighted by Gasteiger charge is -2.02. The van der Waals surface area contributed by atoms with Gasteiger partial charge in [-0.05, 0) is 17.7 Å². The Morgan fingerprint density at radius 2 is 1.50 bits per heavy atom. The molecule has 1 heterocycles. The van der Waals surface area contributed by atoms with Crippen LogP contribution >= 0.6 is 11.3 Å². The normalized spacial score (nSPS) is 10.7. The van der Waals surface area contributed by atoms with E-state index in [0.717, 1.165) is 22.7 Å². The van der Waals surface area contributed by atoms with Crippen molar-refractivity contribution in [3.05, 3.63) is 65.0 Å². The molecule has 2 aromatic carbocycles. The molecule has 0 amide bonds. The first-order chi connectivity index (χ1) is 9.86. The lowest BCUT2D eigenvalue weighted by molar-refractivity contribution is 0.954. The molecule has 1 aromatic heterocycles. The van der Waals surface area contributed by atoms with Gasteiger partial charge in [-0.15, -0.1) is 11.3 Å². The number of thiazole rings is 1. The zero-order chi connectivity index (χ0) is 13.8. The first-order valence-electron chi connectivity index (χ1n) is 6.67. The monoisotopic (exact) mass is 280 g/mol. The maximum absolute atomic E-state index is 5.56. The number of benzene rings is 2. The van der Waals surface area contributed by atoms with Crippen LogP contribution in [0.15, 0.2) is 60.0 Å². The van der Waals surface area contributed by atoms with Crippen LogP contribution in [0.1, 0.15) is 5.01 Å². The second-order valence-corrected chi connectivity index (χ2v) is 5.55. The second kappa shape index (κ2) is 5.99. The number of rotatable bonds is 4. The van der Waals surface area contributed by atoms with Crippen molar-refractivity contribution < 1.29 is 0 Å². The highest BCUT2D eigenvalue weighted by Gasteiger charge is 2.04. The summed E-state index contributed by atoms with van der Waals surface area (Å²) < 4.78 is 0. The number of nitrogens with zero attached hydrogens (tertiary/aromatic N) is 1. The van der Waals surface area contributed by atoms with Crippen LogP contribution in [0.3, 0.4) is 0 Å². The Balaban J connectivity index is 1.85. The maximum Gasteiger partial charge on any atom is 0.0945 e. The first-order valence-corrected chi connectivity index (χ1v) is 7.55. The molecule has 0 fully saturated rings. The van der Waals surface area contributed by atoms with Gasteiger partial charge in [-0.1, -0.05) is 54.6 Å². The lowest BCUT2D eigenvalue weighted by Crippen LogP contribution is -2.01. The van der Waals surface area contributed by atoms with Gasteiger partial charge in [-0.25, -0.2) is 4.98 Å². The largest absolute Gasteiger partial charge is 0.330 e. The minimum absolute atomic E-state index is 0.653. The molecule has 0 bridgehead atoms. The smallest absolute Gasteiger partial charge is 0.0945 e. The SMILES string of the molecule is NCCc1nc(-c2ccc(-c3ccccc3)cc2)cs1. The Kier molecular flexibility index (Phi) is 3.90. The first kappa shape index (κ1) is 13.0. The molecule has 0 aliphatic heterocycles. The summed E-state index contributed by atoms with van der Waals surface area (Å²) in [7, 11) is 0. The summed E-state index contributed by atoms with van der Waals surface area (Å²) >= 11 is 1.68. The summed E-state index contributed by atoms with van der Waals surface area (Å²) in [5.74, 6) is 0. The van der Waals surface area contributed by atoms with Crippen LogP contribution < -0.4 is 5.73 Å². The minimum atomic E-state index is 0.653. The summed E-state index contributed by atoms with van der Waals surface area (Å²) in [6.45, 7) is 0.653. The van der Waals surface area contributed by atoms with Crippen molar-refractivity contribution in [2.45, 2.75) is 6.42 Å². The summed E-state index contributed by atoms with van der Waals surface area (Å²) in [5.41, 5.74) is 10.2. The van der Waals surface area contributed by atoms with E-state index in [4.69, 9.17) is 5.73 Å². The number of nitrogens with two attached hydrogens (primary N) is 1. The fraction of sp³-hybridized carbons (Fsp3) is 0.118. The summed E-state index contributed by atoms with van der Waals surface area (Å²) in [6.07, 6.45) is 0.854. The van der Waals surface area contributed by atoms with E-state index in [9.17, 15) is 0 Å². The molecule has 0 unspecified atom stereocenters. The lowest BCUT2D eigenvalue weighted by atomic mass is 10.0. The molecule has 0 aliphatic carbocycles. The fourth-order valence-corrected chi connectivity index (χ4v) is 2.97. The van der Waals surface area contributed by atoms with Crippen molar-refractivity contribution in [2.75, 3.05) is 6.54 Å². The van der Waals surface area contributed by atoms with Gasteiger partial charge in [0.15, 0.2) is 0 Å². The molecule has 0 saturated carbocycles. The van der Waals surface area contributed by atoms with Crippen LogP contribution in [0, 0.1) is 0 Å². The topological polar surface area (TPSA) is 38.9 Å². The van der Waals surface area contributed by atoms with Crippen molar-refractivity contribution in [1.82, 2.24) is 4.98 Å². The van der Waals surface area contributed by atoms with E-state index in [1.165, 1.54) is 11.1 Å². The van der Waals surface area contributed by atoms with Gasteiger partial charge in [0.1, 0.15) is 0 Å². The van der Waals surface area contributed by atoms with Crippen molar-refractivity contribution in [1.29, 1.82) is 0 Å². The van der Waals surface area contributed by atoms with Crippen LogP contribution in [-0.4, -0.2) is 11.5 Å². The molecule has 100 valence electrons. The predicted octanol–water partition coefficient (Wildman–Crippen LogP) is 3.98. The van der Waals surface area contributed by atoms with Crippen LogP contribution in [0.2, 0.25) is 0 Å². The molecule has 0 radical (unpaired) electrons. The molecular weight excluding hydrogens is 264 g/mol. The van der Waals surface area contributed by atoms with E-state index in [2.05, 4.69) is 58.9 Å². The highest BCUT2D eigenvalue weighted by Crippen LogP contribution is 2.25. The Morgan fingerprint density at radius 3 is 2.20 bits per heavy atom. The van der Waals surface area contributed by atoms with Gasteiger partial charge >= 0.3 is 0 Å². The molecule has 2 nitrogen and oxygen atoms in total. The third kappa shape index (κ3) is 2.79. The quantitative estimate of drug-likeness (QED) is 0.785. The fourth-order valence-electron chi connectivity index (χ4n) is 2.15. The molecule has 20 heavy (non-hydrogen) atoms. The van der Waals surface area contributed by atoms with Crippen molar-refractivity contribution in [3.63, 3.8) is 0 Å². The van der Waals surface area contributed by atoms with Crippen LogP contribution in [-0.2, 0) is 6.42 Å². The zero-order valence-corrected chi connectivity index (χ0v) is 11.9. The summed E-state index contributed by atoms with van der Waals surface area (Å²) in [6, 6.07) is 18.9. The highest BCUT2D eigenvalue weighted by molar-refractivity contribution is 7.09.